The molecule has 0 unspecified atom stereocenters. The average molecular weight is 300 g/mol. The van der Waals surface area contributed by atoms with Gasteiger partial charge < -0.3 is 10.1 Å². The number of sulfonamides is 1. The predicted octanol–water partition coefficient (Wildman–Crippen LogP) is 1.08. The molecule has 0 saturated heterocycles. The lowest BCUT2D eigenvalue weighted by Crippen LogP contribution is -2.30. The molecule has 0 aromatic heterocycles. The zero-order valence-electron chi connectivity index (χ0n) is 12.3. The molecule has 0 aliphatic carbocycles. The van der Waals surface area contributed by atoms with Crippen molar-refractivity contribution in [1.82, 2.24) is 9.62 Å². The van der Waals surface area contributed by atoms with Crippen LogP contribution in [0.5, 0.6) is 5.75 Å². The van der Waals surface area contributed by atoms with Crippen molar-refractivity contribution in [3.8, 4) is 5.75 Å². The molecule has 1 aromatic carbocycles. The van der Waals surface area contributed by atoms with Gasteiger partial charge in [-0.2, -0.15) is 0 Å². The lowest BCUT2D eigenvalue weighted by molar-refractivity contribution is 0.0943. The molecule has 0 aliphatic rings. The number of hydrogen-bond donors (Lipinski definition) is 1. The first-order valence-electron chi connectivity index (χ1n) is 6.11. The summed E-state index contributed by atoms with van der Waals surface area (Å²) in [6, 6.07) is 4.31. The van der Waals surface area contributed by atoms with Crippen molar-refractivity contribution in [3.05, 3.63) is 23.8 Å². The van der Waals surface area contributed by atoms with E-state index in [0.29, 0.717) is 0 Å². The number of nitrogens with zero attached hydrogens (tertiary/aromatic N) is 1. The third-order valence-electron chi connectivity index (χ3n) is 2.60. The Bertz CT molecular complexity index is 594. The van der Waals surface area contributed by atoms with E-state index in [9.17, 15) is 13.2 Å². The van der Waals surface area contributed by atoms with E-state index in [0.717, 1.165) is 4.31 Å². The Morgan fingerprint density at radius 2 is 1.90 bits per heavy atom. The second-order valence-electron chi connectivity index (χ2n) is 4.78. The SMILES string of the molecule is COc1ccc(C(=O)NC(C)C)cc1S(=O)(=O)N(C)C. The summed E-state index contributed by atoms with van der Waals surface area (Å²) in [5, 5.41) is 2.72. The molecule has 6 nitrogen and oxygen atoms in total. The Balaban J connectivity index is 3.33. The van der Waals surface area contributed by atoms with Crippen molar-refractivity contribution < 1.29 is 17.9 Å². The first kappa shape index (κ1) is 16.5. The van der Waals surface area contributed by atoms with Crippen LogP contribution in [0.25, 0.3) is 0 Å². The Hall–Kier alpha value is -1.60. The van der Waals surface area contributed by atoms with Gasteiger partial charge in [0.05, 0.1) is 7.11 Å². The molecule has 0 bridgehead atoms. The van der Waals surface area contributed by atoms with Crippen LogP contribution in [0, 0.1) is 0 Å². The lowest BCUT2D eigenvalue weighted by atomic mass is 10.2. The minimum Gasteiger partial charge on any atom is -0.495 e. The summed E-state index contributed by atoms with van der Waals surface area (Å²) in [6.45, 7) is 3.66. The molecule has 7 heteroatoms. The van der Waals surface area contributed by atoms with Crippen molar-refractivity contribution in [1.29, 1.82) is 0 Å². The number of rotatable bonds is 5. The average Bonchev–Trinajstić information content (AvgIpc) is 2.36. The number of methoxy groups -OCH3 is 1. The standard InChI is InChI=1S/C13H20N2O4S/c1-9(2)14-13(16)10-6-7-11(19-5)12(8-10)20(17,18)15(3)4/h6-9H,1-5H3,(H,14,16). The van der Waals surface area contributed by atoms with E-state index < -0.39 is 10.0 Å². The zero-order chi connectivity index (χ0) is 15.5. The van der Waals surface area contributed by atoms with Crippen molar-refractivity contribution in [2.75, 3.05) is 21.2 Å². The second-order valence-corrected chi connectivity index (χ2v) is 6.90. The number of hydrogen-bond acceptors (Lipinski definition) is 4. The van der Waals surface area contributed by atoms with E-state index in [1.807, 2.05) is 13.8 Å². The van der Waals surface area contributed by atoms with Crippen LogP contribution in [-0.4, -0.2) is 45.9 Å². The fraction of sp³-hybridized carbons (Fsp3) is 0.462. The third kappa shape index (κ3) is 3.49. The van der Waals surface area contributed by atoms with Gasteiger partial charge in [-0.3, -0.25) is 4.79 Å². The molecular formula is C13H20N2O4S. The first-order chi connectivity index (χ1) is 9.20. The Kier molecular flexibility index (Phi) is 5.13. The zero-order valence-corrected chi connectivity index (χ0v) is 13.1. The van der Waals surface area contributed by atoms with Crippen molar-refractivity contribution >= 4 is 15.9 Å². The molecule has 1 rings (SSSR count). The van der Waals surface area contributed by atoms with Gasteiger partial charge in [-0.15, -0.1) is 0 Å². The van der Waals surface area contributed by atoms with E-state index in [4.69, 9.17) is 4.74 Å². The van der Waals surface area contributed by atoms with E-state index in [2.05, 4.69) is 5.32 Å². The molecule has 0 heterocycles. The maximum absolute atomic E-state index is 12.2. The van der Waals surface area contributed by atoms with E-state index in [-0.39, 0.29) is 28.2 Å². The van der Waals surface area contributed by atoms with Gasteiger partial charge in [0.25, 0.3) is 5.91 Å². The minimum atomic E-state index is -3.68. The van der Waals surface area contributed by atoms with Gasteiger partial charge in [0.15, 0.2) is 0 Å². The highest BCUT2D eigenvalue weighted by Gasteiger charge is 2.23. The predicted molar refractivity (Wildman–Crippen MR) is 76.5 cm³/mol. The molecule has 0 saturated carbocycles. The Morgan fingerprint density at radius 1 is 1.30 bits per heavy atom. The number of ether oxygens (including phenoxy) is 1. The van der Waals surface area contributed by atoms with Crippen LogP contribution in [-0.2, 0) is 10.0 Å². The molecule has 1 N–H and O–H groups in total. The molecule has 0 fully saturated rings. The van der Waals surface area contributed by atoms with Crippen LogP contribution >= 0.6 is 0 Å². The first-order valence-corrected chi connectivity index (χ1v) is 7.55. The molecular weight excluding hydrogens is 280 g/mol. The van der Waals surface area contributed by atoms with Gasteiger partial charge in [0.2, 0.25) is 10.0 Å². The summed E-state index contributed by atoms with van der Waals surface area (Å²) in [5.41, 5.74) is 0.278. The second kappa shape index (κ2) is 6.23. The smallest absolute Gasteiger partial charge is 0.251 e. The van der Waals surface area contributed by atoms with E-state index in [1.165, 1.54) is 39.4 Å². The number of carbonyl (C=O) groups excluding carboxylic acids is 1. The Labute approximate surface area is 119 Å². The normalized spacial score (nSPS) is 11.8. The van der Waals surface area contributed by atoms with Crippen molar-refractivity contribution in [3.63, 3.8) is 0 Å². The third-order valence-corrected chi connectivity index (χ3v) is 4.44. The fourth-order valence-corrected chi connectivity index (χ4v) is 2.64. The summed E-state index contributed by atoms with van der Waals surface area (Å²) < 4.78 is 30.6. The van der Waals surface area contributed by atoms with E-state index in [1.54, 1.807) is 0 Å². The number of benzene rings is 1. The van der Waals surface area contributed by atoms with Crippen LogP contribution < -0.4 is 10.1 Å². The van der Waals surface area contributed by atoms with Gasteiger partial charge >= 0.3 is 0 Å². The summed E-state index contributed by atoms with van der Waals surface area (Å²) >= 11 is 0. The van der Waals surface area contributed by atoms with Gasteiger partial charge in [-0.25, -0.2) is 12.7 Å². The summed E-state index contributed by atoms with van der Waals surface area (Å²) in [7, 11) is 0.563. The van der Waals surface area contributed by atoms with Crippen LogP contribution in [0.2, 0.25) is 0 Å². The summed E-state index contributed by atoms with van der Waals surface area (Å²) in [4.78, 5) is 11.9. The monoisotopic (exact) mass is 300 g/mol. The van der Waals surface area contributed by atoms with Crippen LogP contribution in [0.15, 0.2) is 23.1 Å². The molecule has 1 amide bonds. The summed E-state index contributed by atoms with van der Waals surface area (Å²) in [5.74, 6) is -0.113. The molecule has 1 aromatic rings. The number of amides is 1. The molecule has 112 valence electrons. The quantitative estimate of drug-likeness (QED) is 0.883. The van der Waals surface area contributed by atoms with Crippen LogP contribution in [0.4, 0.5) is 0 Å². The summed E-state index contributed by atoms with van der Waals surface area (Å²) in [6.07, 6.45) is 0. The Morgan fingerprint density at radius 3 is 2.35 bits per heavy atom. The molecule has 0 spiro atoms. The van der Waals surface area contributed by atoms with Gasteiger partial charge in [0.1, 0.15) is 10.6 Å². The number of carbonyl (C=O) groups is 1. The largest absolute Gasteiger partial charge is 0.495 e. The van der Waals surface area contributed by atoms with Gasteiger partial charge in [0, 0.05) is 25.7 Å². The maximum atomic E-state index is 12.2. The molecule has 0 radical (unpaired) electrons. The topological polar surface area (TPSA) is 75.7 Å². The molecule has 0 atom stereocenters. The van der Waals surface area contributed by atoms with Gasteiger partial charge in [-0.1, -0.05) is 0 Å². The lowest BCUT2D eigenvalue weighted by Gasteiger charge is -2.16. The fourth-order valence-electron chi connectivity index (χ4n) is 1.56. The van der Waals surface area contributed by atoms with E-state index >= 15 is 0 Å². The highest BCUT2D eigenvalue weighted by atomic mass is 32.2. The highest BCUT2D eigenvalue weighted by Crippen LogP contribution is 2.26. The maximum Gasteiger partial charge on any atom is 0.251 e. The van der Waals surface area contributed by atoms with Crippen LogP contribution in [0.3, 0.4) is 0 Å². The molecule has 20 heavy (non-hydrogen) atoms. The minimum absolute atomic E-state index is 0.0265. The van der Waals surface area contributed by atoms with Crippen molar-refractivity contribution in [2.24, 2.45) is 0 Å². The van der Waals surface area contributed by atoms with Crippen LogP contribution in [0.1, 0.15) is 24.2 Å². The molecule has 0 aliphatic heterocycles. The van der Waals surface area contributed by atoms with Crippen molar-refractivity contribution in [2.45, 2.75) is 24.8 Å². The van der Waals surface area contributed by atoms with Gasteiger partial charge in [-0.05, 0) is 32.0 Å². The number of nitrogens with one attached hydrogen (secondary N) is 1. The highest BCUT2D eigenvalue weighted by molar-refractivity contribution is 7.89.